The highest BCUT2D eigenvalue weighted by Gasteiger charge is 2.16. The third-order valence-corrected chi connectivity index (χ3v) is 4.02. The number of aromatic nitrogens is 1. The number of ether oxygens (including phenoxy) is 1. The summed E-state index contributed by atoms with van der Waals surface area (Å²) in [6.07, 6.45) is 0. The standard InChI is InChI=1S/C14H18N2OS/c1-8-6-9(2)12(13(17-5)10(8)3)11-7-18-14(15-4)16-11/h6-7H,1-5H3,(H,15,16). The van der Waals surface area contributed by atoms with Gasteiger partial charge in [0.25, 0.3) is 0 Å². The van der Waals surface area contributed by atoms with Crippen molar-refractivity contribution in [2.24, 2.45) is 0 Å². The van der Waals surface area contributed by atoms with Crippen molar-refractivity contribution >= 4 is 16.5 Å². The Bertz CT molecular complexity index is 575. The number of nitrogens with one attached hydrogen (secondary N) is 1. The molecular weight excluding hydrogens is 244 g/mol. The molecule has 1 N–H and O–H groups in total. The average Bonchev–Trinajstić information content (AvgIpc) is 2.81. The van der Waals surface area contributed by atoms with E-state index in [1.54, 1.807) is 18.4 Å². The normalized spacial score (nSPS) is 10.5. The predicted octanol–water partition coefficient (Wildman–Crippen LogP) is 3.79. The molecule has 0 aliphatic carbocycles. The van der Waals surface area contributed by atoms with Crippen LogP contribution in [0.1, 0.15) is 16.7 Å². The van der Waals surface area contributed by atoms with E-state index >= 15 is 0 Å². The number of aryl methyl sites for hydroxylation is 2. The fourth-order valence-corrected chi connectivity index (χ4v) is 2.79. The number of methoxy groups -OCH3 is 1. The summed E-state index contributed by atoms with van der Waals surface area (Å²) >= 11 is 1.60. The molecule has 0 saturated heterocycles. The van der Waals surface area contributed by atoms with Crippen LogP contribution in [0.15, 0.2) is 11.4 Å². The second-order valence-corrected chi connectivity index (χ2v) is 5.19. The number of benzene rings is 1. The van der Waals surface area contributed by atoms with Gasteiger partial charge in [0.2, 0.25) is 0 Å². The Morgan fingerprint density at radius 1 is 1.22 bits per heavy atom. The molecule has 18 heavy (non-hydrogen) atoms. The Morgan fingerprint density at radius 3 is 2.50 bits per heavy atom. The van der Waals surface area contributed by atoms with E-state index < -0.39 is 0 Å². The Hall–Kier alpha value is -1.55. The zero-order valence-electron chi connectivity index (χ0n) is 11.4. The average molecular weight is 262 g/mol. The first-order valence-corrected chi connectivity index (χ1v) is 6.75. The quantitative estimate of drug-likeness (QED) is 0.914. The van der Waals surface area contributed by atoms with Crippen LogP contribution in [0.25, 0.3) is 11.3 Å². The van der Waals surface area contributed by atoms with E-state index in [4.69, 9.17) is 4.74 Å². The highest BCUT2D eigenvalue weighted by atomic mass is 32.1. The minimum absolute atomic E-state index is 0.921. The number of hydrogen-bond acceptors (Lipinski definition) is 4. The van der Waals surface area contributed by atoms with Gasteiger partial charge in [-0.3, -0.25) is 0 Å². The second kappa shape index (κ2) is 4.98. The van der Waals surface area contributed by atoms with Crippen LogP contribution >= 0.6 is 11.3 Å². The summed E-state index contributed by atoms with van der Waals surface area (Å²) in [5.41, 5.74) is 5.69. The van der Waals surface area contributed by atoms with Crippen LogP contribution in [0.4, 0.5) is 5.13 Å². The van der Waals surface area contributed by atoms with Gasteiger partial charge in [0, 0.05) is 18.0 Å². The Morgan fingerprint density at radius 2 is 1.94 bits per heavy atom. The van der Waals surface area contributed by atoms with Gasteiger partial charge in [-0.2, -0.15) is 0 Å². The third kappa shape index (κ3) is 2.08. The molecule has 1 aromatic heterocycles. The maximum absolute atomic E-state index is 5.58. The molecule has 0 aliphatic heterocycles. The highest BCUT2D eigenvalue weighted by molar-refractivity contribution is 7.14. The van der Waals surface area contributed by atoms with Crippen molar-refractivity contribution in [3.05, 3.63) is 28.1 Å². The smallest absolute Gasteiger partial charge is 0.182 e. The maximum atomic E-state index is 5.58. The molecule has 0 amide bonds. The molecule has 1 aromatic carbocycles. The molecular formula is C14H18N2OS. The summed E-state index contributed by atoms with van der Waals surface area (Å²) in [4.78, 5) is 4.57. The van der Waals surface area contributed by atoms with Gasteiger partial charge in [-0.15, -0.1) is 11.3 Å². The number of nitrogens with zero attached hydrogens (tertiary/aromatic N) is 1. The van der Waals surface area contributed by atoms with E-state index in [1.807, 2.05) is 7.05 Å². The topological polar surface area (TPSA) is 34.2 Å². The molecule has 0 radical (unpaired) electrons. The van der Waals surface area contributed by atoms with Crippen LogP contribution in [0.2, 0.25) is 0 Å². The van der Waals surface area contributed by atoms with Crippen LogP contribution in [0, 0.1) is 20.8 Å². The van der Waals surface area contributed by atoms with Crippen molar-refractivity contribution in [3.63, 3.8) is 0 Å². The molecule has 4 heteroatoms. The molecule has 0 saturated carbocycles. The Labute approximate surface area is 112 Å². The van der Waals surface area contributed by atoms with Crippen molar-refractivity contribution in [1.82, 2.24) is 4.98 Å². The van der Waals surface area contributed by atoms with Gasteiger partial charge < -0.3 is 10.1 Å². The van der Waals surface area contributed by atoms with E-state index in [0.29, 0.717) is 0 Å². The van der Waals surface area contributed by atoms with Crippen LogP contribution in [0.3, 0.4) is 0 Å². The number of anilines is 1. The van der Waals surface area contributed by atoms with Crippen molar-refractivity contribution in [2.45, 2.75) is 20.8 Å². The van der Waals surface area contributed by atoms with Crippen molar-refractivity contribution in [2.75, 3.05) is 19.5 Å². The second-order valence-electron chi connectivity index (χ2n) is 4.33. The van der Waals surface area contributed by atoms with Crippen LogP contribution < -0.4 is 10.1 Å². The fraction of sp³-hybridized carbons (Fsp3) is 0.357. The van der Waals surface area contributed by atoms with E-state index in [0.717, 1.165) is 22.1 Å². The lowest BCUT2D eigenvalue weighted by Gasteiger charge is -2.15. The van der Waals surface area contributed by atoms with Gasteiger partial charge >= 0.3 is 0 Å². The molecule has 1 heterocycles. The van der Waals surface area contributed by atoms with E-state index in [1.165, 1.54) is 16.7 Å². The SMILES string of the molecule is CNc1nc(-c2c(C)cc(C)c(C)c2OC)cs1. The van der Waals surface area contributed by atoms with Crippen LogP contribution in [-0.4, -0.2) is 19.1 Å². The first-order valence-electron chi connectivity index (χ1n) is 5.87. The van der Waals surface area contributed by atoms with E-state index in [-0.39, 0.29) is 0 Å². The van der Waals surface area contributed by atoms with Gasteiger partial charge in [0.05, 0.1) is 12.8 Å². The van der Waals surface area contributed by atoms with Gasteiger partial charge in [-0.1, -0.05) is 6.07 Å². The Kier molecular flexibility index (Phi) is 3.57. The zero-order chi connectivity index (χ0) is 13.3. The maximum Gasteiger partial charge on any atom is 0.182 e. The van der Waals surface area contributed by atoms with Crippen molar-refractivity contribution in [1.29, 1.82) is 0 Å². The zero-order valence-corrected chi connectivity index (χ0v) is 12.2. The molecule has 0 aliphatic rings. The van der Waals surface area contributed by atoms with E-state index in [9.17, 15) is 0 Å². The lowest BCUT2D eigenvalue weighted by Crippen LogP contribution is -1.97. The molecule has 0 spiro atoms. The predicted molar refractivity (Wildman–Crippen MR) is 77.9 cm³/mol. The van der Waals surface area contributed by atoms with Gasteiger partial charge in [0.1, 0.15) is 5.75 Å². The largest absolute Gasteiger partial charge is 0.496 e. The highest BCUT2D eigenvalue weighted by Crippen LogP contribution is 2.38. The number of rotatable bonds is 3. The minimum Gasteiger partial charge on any atom is -0.496 e. The van der Waals surface area contributed by atoms with E-state index in [2.05, 4.69) is 42.5 Å². The van der Waals surface area contributed by atoms with Crippen LogP contribution in [-0.2, 0) is 0 Å². The monoisotopic (exact) mass is 262 g/mol. The molecule has 0 atom stereocenters. The van der Waals surface area contributed by atoms with Crippen molar-refractivity contribution < 1.29 is 4.74 Å². The third-order valence-electron chi connectivity index (χ3n) is 3.16. The summed E-state index contributed by atoms with van der Waals surface area (Å²) in [6, 6.07) is 2.19. The fourth-order valence-electron chi connectivity index (χ4n) is 2.13. The summed E-state index contributed by atoms with van der Waals surface area (Å²) in [5, 5.41) is 6.05. The molecule has 3 nitrogen and oxygen atoms in total. The Balaban J connectivity index is 2.66. The first-order chi connectivity index (χ1) is 8.58. The lowest BCUT2D eigenvalue weighted by molar-refractivity contribution is 0.412. The summed E-state index contributed by atoms with van der Waals surface area (Å²) < 4.78 is 5.58. The molecule has 96 valence electrons. The lowest BCUT2D eigenvalue weighted by atomic mass is 9.97. The first kappa shape index (κ1) is 12.9. The summed E-state index contributed by atoms with van der Waals surface area (Å²) in [5.74, 6) is 0.931. The van der Waals surface area contributed by atoms with Crippen molar-refractivity contribution in [3.8, 4) is 17.0 Å². The summed E-state index contributed by atoms with van der Waals surface area (Å²) in [7, 11) is 3.60. The molecule has 0 unspecified atom stereocenters. The molecule has 2 rings (SSSR count). The summed E-state index contributed by atoms with van der Waals surface area (Å²) in [6.45, 7) is 6.29. The van der Waals surface area contributed by atoms with Crippen LogP contribution in [0.5, 0.6) is 5.75 Å². The van der Waals surface area contributed by atoms with Gasteiger partial charge in [0.15, 0.2) is 5.13 Å². The van der Waals surface area contributed by atoms with Gasteiger partial charge in [-0.05, 0) is 37.5 Å². The molecule has 0 fully saturated rings. The van der Waals surface area contributed by atoms with Gasteiger partial charge in [-0.25, -0.2) is 4.98 Å². The molecule has 0 bridgehead atoms. The molecule has 2 aromatic rings. The minimum atomic E-state index is 0.921. The number of thiazole rings is 1. The number of hydrogen-bond donors (Lipinski definition) is 1.